The maximum absolute atomic E-state index is 6.26. The average molecular weight is 328 g/mol. The minimum atomic E-state index is 0.476. The van der Waals surface area contributed by atoms with E-state index in [4.69, 9.17) is 16.3 Å². The molecule has 0 fully saturated rings. The molecule has 0 aromatic heterocycles. The van der Waals surface area contributed by atoms with Gasteiger partial charge in [-0.1, -0.05) is 32.4 Å². The van der Waals surface area contributed by atoms with E-state index in [0.717, 1.165) is 48.9 Å². The van der Waals surface area contributed by atoms with Crippen molar-refractivity contribution in [1.29, 1.82) is 0 Å². The van der Waals surface area contributed by atoms with E-state index in [1.54, 1.807) is 0 Å². The molecule has 1 aliphatic rings. The Balaban J connectivity index is 2.08. The molecule has 2 nitrogen and oxygen atoms in total. The molecule has 0 amide bonds. The SMILES string of the molecule is CCCNC(CSC(C)C)Cc1cc(Cl)cc2c1OCC2. The zero-order valence-electron chi connectivity index (χ0n) is 13.2. The number of rotatable bonds is 8. The lowest BCUT2D eigenvalue weighted by Crippen LogP contribution is -2.34. The van der Waals surface area contributed by atoms with Gasteiger partial charge in [-0.05, 0) is 47.9 Å². The van der Waals surface area contributed by atoms with Crippen LogP contribution in [0.4, 0.5) is 0 Å². The normalized spacial score (nSPS) is 15.1. The summed E-state index contributed by atoms with van der Waals surface area (Å²) in [7, 11) is 0. The molecule has 0 saturated heterocycles. The predicted octanol–water partition coefficient (Wildman–Crippen LogP) is 4.33. The lowest BCUT2D eigenvalue weighted by molar-refractivity contribution is 0.352. The van der Waals surface area contributed by atoms with Crippen molar-refractivity contribution in [2.24, 2.45) is 0 Å². The smallest absolute Gasteiger partial charge is 0.125 e. The van der Waals surface area contributed by atoms with Crippen molar-refractivity contribution in [1.82, 2.24) is 5.32 Å². The number of nitrogens with one attached hydrogen (secondary N) is 1. The molecule has 4 heteroatoms. The number of hydrogen-bond donors (Lipinski definition) is 1. The molecule has 0 saturated carbocycles. The van der Waals surface area contributed by atoms with Crippen molar-refractivity contribution in [3.63, 3.8) is 0 Å². The van der Waals surface area contributed by atoms with Gasteiger partial charge in [0.1, 0.15) is 5.75 Å². The number of hydrogen-bond acceptors (Lipinski definition) is 3. The summed E-state index contributed by atoms with van der Waals surface area (Å²) in [5, 5.41) is 5.16. The van der Waals surface area contributed by atoms with Crippen molar-refractivity contribution in [2.45, 2.75) is 51.3 Å². The van der Waals surface area contributed by atoms with Gasteiger partial charge in [-0.3, -0.25) is 0 Å². The highest BCUT2D eigenvalue weighted by Gasteiger charge is 2.20. The topological polar surface area (TPSA) is 21.3 Å². The molecule has 1 N–H and O–H groups in total. The molecule has 2 rings (SSSR count). The Morgan fingerprint density at radius 3 is 2.90 bits per heavy atom. The first-order valence-electron chi connectivity index (χ1n) is 7.89. The van der Waals surface area contributed by atoms with Crippen LogP contribution in [0, 0.1) is 0 Å². The summed E-state index contributed by atoms with van der Waals surface area (Å²) in [6.07, 6.45) is 3.13. The predicted molar refractivity (Wildman–Crippen MR) is 94.0 cm³/mol. The first-order valence-corrected chi connectivity index (χ1v) is 9.32. The van der Waals surface area contributed by atoms with Crippen LogP contribution >= 0.6 is 23.4 Å². The third kappa shape index (κ3) is 5.08. The second-order valence-electron chi connectivity index (χ2n) is 5.89. The third-order valence-electron chi connectivity index (χ3n) is 3.61. The van der Waals surface area contributed by atoms with Gasteiger partial charge < -0.3 is 10.1 Å². The third-order valence-corrected chi connectivity index (χ3v) is 5.09. The van der Waals surface area contributed by atoms with Crippen molar-refractivity contribution < 1.29 is 4.74 Å². The molecule has 1 aromatic rings. The number of thioether (sulfide) groups is 1. The molecule has 118 valence electrons. The molecule has 1 aliphatic heterocycles. The molecular formula is C17H26ClNOS. The summed E-state index contributed by atoms with van der Waals surface area (Å²) in [6, 6.07) is 4.60. The van der Waals surface area contributed by atoms with Gasteiger partial charge in [-0.2, -0.15) is 11.8 Å². The van der Waals surface area contributed by atoms with Crippen LogP contribution in [0.15, 0.2) is 12.1 Å². The van der Waals surface area contributed by atoms with Crippen molar-refractivity contribution >= 4 is 23.4 Å². The highest BCUT2D eigenvalue weighted by Crippen LogP contribution is 2.33. The molecule has 0 spiro atoms. The fourth-order valence-electron chi connectivity index (χ4n) is 2.61. The highest BCUT2D eigenvalue weighted by atomic mass is 35.5. The van der Waals surface area contributed by atoms with Crippen LogP contribution in [0.1, 0.15) is 38.3 Å². The molecule has 1 aromatic carbocycles. The molecule has 0 radical (unpaired) electrons. The van der Waals surface area contributed by atoms with Gasteiger partial charge in [0.05, 0.1) is 6.61 Å². The van der Waals surface area contributed by atoms with Crippen LogP contribution in [0.25, 0.3) is 0 Å². The van der Waals surface area contributed by atoms with Gasteiger partial charge in [0.15, 0.2) is 0 Å². The first kappa shape index (κ1) is 17.0. The fourth-order valence-corrected chi connectivity index (χ4v) is 3.73. The summed E-state index contributed by atoms with van der Waals surface area (Å²) in [5.74, 6) is 2.20. The first-order chi connectivity index (χ1) is 10.1. The Morgan fingerprint density at radius 2 is 2.19 bits per heavy atom. The van der Waals surface area contributed by atoms with Crippen LogP contribution < -0.4 is 10.1 Å². The quantitative estimate of drug-likeness (QED) is 0.768. The molecule has 21 heavy (non-hydrogen) atoms. The van der Waals surface area contributed by atoms with E-state index in [1.807, 2.05) is 17.8 Å². The molecule has 0 bridgehead atoms. The number of fused-ring (bicyclic) bond motifs is 1. The van der Waals surface area contributed by atoms with E-state index >= 15 is 0 Å². The number of ether oxygens (including phenoxy) is 1. The Hall–Kier alpha value is -0.380. The fraction of sp³-hybridized carbons (Fsp3) is 0.647. The number of halogens is 1. The Kier molecular flexibility index (Phi) is 6.72. The van der Waals surface area contributed by atoms with Crippen LogP contribution in [0.2, 0.25) is 5.02 Å². The van der Waals surface area contributed by atoms with Gasteiger partial charge in [0, 0.05) is 23.2 Å². The van der Waals surface area contributed by atoms with Crippen LogP contribution in [-0.4, -0.2) is 30.2 Å². The van der Waals surface area contributed by atoms with Crippen LogP contribution in [0.3, 0.4) is 0 Å². The monoisotopic (exact) mass is 327 g/mol. The molecule has 1 unspecified atom stereocenters. The summed E-state index contributed by atoms with van der Waals surface area (Å²) >= 11 is 8.27. The summed E-state index contributed by atoms with van der Waals surface area (Å²) in [6.45, 7) is 8.56. The van der Waals surface area contributed by atoms with E-state index in [0.29, 0.717) is 11.3 Å². The minimum Gasteiger partial charge on any atom is -0.493 e. The highest BCUT2D eigenvalue weighted by molar-refractivity contribution is 7.99. The van der Waals surface area contributed by atoms with Gasteiger partial charge >= 0.3 is 0 Å². The van der Waals surface area contributed by atoms with Crippen LogP contribution in [-0.2, 0) is 12.8 Å². The van der Waals surface area contributed by atoms with E-state index in [1.165, 1.54) is 11.1 Å². The maximum Gasteiger partial charge on any atom is 0.125 e. The lowest BCUT2D eigenvalue weighted by Gasteiger charge is -2.21. The van der Waals surface area contributed by atoms with Gasteiger partial charge in [0.25, 0.3) is 0 Å². The largest absolute Gasteiger partial charge is 0.493 e. The molecule has 0 aliphatic carbocycles. The lowest BCUT2D eigenvalue weighted by atomic mass is 10.0. The standard InChI is InChI=1S/C17H26ClNOS/c1-4-6-19-16(11-21-12(2)3)10-14-9-15(18)8-13-5-7-20-17(13)14/h8-9,12,16,19H,4-7,10-11H2,1-3H3. The van der Waals surface area contributed by atoms with Crippen molar-refractivity contribution in [3.8, 4) is 5.75 Å². The molecular weight excluding hydrogens is 302 g/mol. The number of benzene rings is 1. The minimum absolute atomic E-state index is 0.476. The Morgan fingerprint density at radius 1 is 1.38 bits per heavy atom. The Labute approximate surface area is 138 Å². The van der Waals surface area contributed by atoms with E-state index < -0.39 is 0 Å². The van der Waals surface area contributed by atoms with Crippen LogP contribution in [0.5, 0.6) is 5.75 Å². The van der Waals surface area contributed by atoms with Gasteiger partial charge in [-0.25, -0.2) is 0 Å². The molecule has 1 atom stereocenters. The Bertz CT molecular complexity index is 464. The van der Waals surface area contributed by atoms with Gasteiger partial charge in [0.2, 0.25) is 0 Å². The summed E-state index contributed by atoms with van der Waals surface area (Å²) in [5.41, 5.74) is 2.52. The summed E-state index contributed by atoms with van der Waals surface area (Å²) < 4.78 is 5.82. The second-order valence-corrected chi connectivity index (χ2v) is 7.93. The zero-order valence-corrected chi connectivity index (χ0v) is 14.8. The average Bonchev–Trinajstić information content (AvgIpc) is 2.89. The second kappa shape index (κ2) is 8.30. The van der Waals surface area contributed by atoms with Gasteiger partial charge in [-0.15, -0.1) is 0 Å². The summed E-state index contributed by atoms with van der Waals surface area (Å²) in [4.78, 5) is 0. The maximum atomic E-state index is 6.26. The zero-order chi connectivity index (χ0) is 15.2. The van der Waals surface area contributed by atoms with E-state index in [9.17, 15) is 0 Å². The van der Waals surface area contributed by atoms with Crippen molar-refractivity contribution in [2.75, 3.05) is 18.9 Å². The van der Waals surface area contributed by atoms with Crippen molar-refractivity contribution in [3.05, 3.63) is 28.3 Å². The van der Waals surface area contributed by atoms with E-state index in [2.05, 4.69) is 32.2 Å². The van der Waals surface area contributed by atoms with E-state index in [-0.39, 0.29) is 0 Å². The molecule has 1 heterocycles.